The van der Waals surface area contributed by atoms with Crippen LogP contribution in [0, 0.1) is 0 Å². The molecule has 0 radical (unpaired) electrons. The minimum atomic E-state index is -3.45. The first-order valence-electron chi connectivity index (χ1n) is 7.10. The molecule has 0 saturated heterocycles. The second kappa shape index (κ2) is 7.55. The van der Waals surface area contributed by atoms with E-state index in [9.17, 15) is 13.2 Å². The zero-order valence-corrected chi connectivity index (χ0v) is 13.2. The Balaban J connectivity index is 2.99. The van der Waals surface area contributed by atoms with E-state index in [-0.39, 0.29) is 10.7 Å². The van der Waals surface area contributed by atoms with Gasteiger partial charge in [-0.05, 0) is 18.6 Å². The first-order chi connectivity index (χ1) is 9.47. The second-order valence-electron chi connectivity index (χ2n) is 4.65. The number of benzene rings is 1. The van der Waals surface area contributed by atoms with Crippen molar-refractivity contribution in [1.29, 1.82) is 0 Å². The highest BCUT2D eigenvalue weighted by Gasteiger charge is 2.22. The third-order valence-electron chi connectivity index (χ3n) is 3.25. The molecule has 0 bridgehead atoms. The fourth-order valence-electron chi connectivity index (χ4n) is 1.95. The van der Waals surface area contributed by atoms with Crippen LogP contribution in [0.25, 0.3) is 0 Å². The van der Waals surface area contributed by atoms with Gasteiger partial charge in [-0.1, -0.05) is 39.3 Å². The third-order valence-corrected chi connectivity index (χ3v) is 5.24. The molecule has 0 aliphatic rings. The Hall–Kier alpha value is -1.20. The summed E-state index contributed by atoms with van der Waals surface area (Å²) in [6, 6.07) is 6.22. The van der Waals surface area contributed by atoms with Crippen LogP contribution in [0.5, 0.6) is 0 Å². The molecule has 0 aromatic heterocycles. The van der Waals surface area contributed by atoms with Crippen molar-refractivity contribution in [3.63, 3.8) is 0 Å². The van der Waals surface area contributed by atoms with Crippen molar-refractivity contribution >= 4 is 15.8 Å². The average molecular weight is 297 g/mol. The lowest BCUT2D eigenvalue weighted by Gasteiger charge is -2.20. The standard InChI is InChI=1S/C15H23NO3S/c1-4-7-12-16(6-3)20(18,19)14-10-8-13(9-11-14)15(17)5-2/h8-11H,4-7,12H2,1-3H3. The number of rotatable bonds is 8. The normalized spacial score (nSPS) is 11.8. The maximum Gasteiger partial charge on any atom is 0.243 e. The van der Waals surface area contributed by atoms with Gasteiger partial charge >= 0.3 is 0 Å². The van der Waals surface area contributed by atoms with E-state index in [1.807, 2.05) is 13.8 Å². The van der Waals surface area contributed by atoms with E-state index >= 15 is 0 Å². The van der Waals surface area contributed by atoms with Crippen molar-refractivity contribution in [2.45, 2.75) is 44.9 Å². The summed E-state index contributed by atoms with van der Waals surface area (Å²) in [5.41, 5.74) is 0.558. The van der Waals surface area contributed by atoms with E-state index in [1.165, 1.54) is 16.4 Å². The topological polar surface area (TPSA) is 54.5 Å². The number of carbonyl (C=O) groups excluding carboxylic acids is 1. The van der Waals surface area contributed by atoms with Crippen LogP contribution >= 0.6 is 0 Å². The van der Waals surface area contributed by atoms with Gasteiger partial charge in [-0.15, -0.1) is 0 Å². The van der Waals surface area contributed by atoms with Gasteiger partial charge in [-0.25, -0.2) is 8.42 Å². The Bertz CT molecular complexity index is 535. The van der Waals surface area contributed by atoms with E-state index in [2.05, 4.69) is 0 Å². The van der Waals surface area contributed by atoms with E-state index in [1.54, 1.807) is 19.1 Å². The van der Waals surface area contributed by atoms with E-state index in [4.69, 9.17) is 0 Å². The lowest BCUT2D eigenvalue weighted by atomic mass is 10.1. The number of hydrogen-bond acceptors (Lipinski definition) is 3. The highest BCUT2D eigenvalue weighted by Crippen LogP contribution is 2.17. The summed E-state index contributed by atoms with van der Waals surface area (Å²) in [5.74, 6) is 0.0206. The van der Waals surface area contributed by atoms with Crippen molar-refractivity contribution in [1.82, 2.24) is 4.31 Å². The summed E-state index contributed by atoms with van der Waals surface area (Å²) in [6.07, 6.45) is 2.22. The molecule has 4 nitrogen and oxygen atoms in total. The molecule has 0 N–H and O–H groups in total. The highest BCUT2D eigenvalue weighted by molar-refractivity contribution is 7.89. The molecule has 5 heteroatoms. The zero-order chi connectivity index (χ0) is 15.2. The predicted octanol–water partition coefficient (Wildman–Crippen LogP) is 3.09. The lowest BCUT2D eigenvalue weighted by molar-refractivity contribution is 0.0988. The first-order valence-corrected chi connectivity index (χ1v) is 8.54. The number of nitrogens with zero attached hydrogens (tertiary/aromatic N) is 1. The molecule has 0 spiro atoms. The number of hydrogen-bond donors (Lipinski definition) is 0. The van der Waals surface area contributed by atoms with Gasteiger partial charge in [0.2, 0.25) is 10.0 Å². The molecule has 20 heavy (non-hydrogen) atoms. The van der Waals surface area contributed by atoms with Gasteiger partial charge in [0.05, 0.1) is 4.90 Å². The van der Waals surface area contributed by atoms with Gasteiger partial charge in [0, 0.05) is 25.1 Å². The predicted molar refractivity (Wildman–Crippen MR) is 80.4 cm³/mol. The monoisotopic (exact) mass is 297 g/mol. The molecule has 0 fully saturated rings. The summed E-state index contributed by atoms with van der Waals surface area (Å²) in [5, 5.41) is 0. The van der Waals surface area contributed by atoms with Gasteiger partial charge in [0.25, 0.3) is 0 Å². The van der Waals surface area contributed by atoms with Crippen LogP contribution in [0.15, 0.2) is 29.2 Å². The lowest BCUT2D eigenvalue weighted by Crippen LogP contribution is -2.31. The smallest absolute Gasteiger partial charge is 0.243 e. The van der Waals surface area contributed by atoms with E-state index in [0.29, 0.717) is 25.1 Å². The maximum atomic E-state index is 12.5. The third kappa shape index (κ3) is 3.90. The number of Topliss-reactive ketones (excluding diaryl/α,β-unsaturated/α-hetero) is 1. The van der Waals surface area contributed by atoms with Crippen LogP contribution < -0.4 is 0 Å². The molecule has 0 heterocycles. The van der Waals surface area contributed by atoms with Gasteiger partial charge in [0.1, 0.15) is 0 Å². The van der Waals surface area contributed by atoms with Crippen LogP contribution in [-0.4, -0.2) is 31.6 Å². The Labute approximate surface area is 121 Å². The van der Waals surface area contributed by atoms with Crippen LogP contribution in [0.4, 0.5) is 0 Å². The Morgan fingerprint density at radius 2 is 1.70 bits per heavy atom. The summed E-state index contributed by atoms with van der Waals surface area (Å²) in [6.45, 7) is 6.65. The summed E-state index contributed by atoms with van der Waals surface area (Å²) in [7, 11) is -3.45. The van der Waals surface area contributed by atoms with Crippen molar-refractivity contribution in [2.75, 3.05) is 13.1 Å². The second-order valence-corrected chi connectivity index (χ2v) is 6.59. The number of ketones is 1. The van der Waals surface area contributed by atoms with E-state index < -0.39 is 10.0 Å². The van der Waals surface area contributed by atoms with E-state index in [0.717, 1.165) is 12.8 Å². The zero-order valence-electron chi connectivity index (χ0n) is 12.4. The highest BCUT2D eigenvalue weighted by atomic mass is 32.2. The fourth-order valence-corrected chi connectivity index (χ4v) is 3.44. The number of carbonyl (C=O) groups is 1. The maximum absolute atomic E-state index is 12.5. The van der Waals surface area contributed by atoms with Crippen molar-refractivity contribution < 1.29 is 13.2 Å². The molecule has 112 valence electrons. The molecule has 0 saturated carbocycles. The average Bonchev–Trinajstić information content (AvgIpc) is 2.47. The number of unbranched alkanes of at least 4 members (excludes halogenated alkanes) is 1. The molecular formula is C15H23NO3S. The molecular weight excluding hydrogens is 274 g/mol. The SMILES string of the molecule is CCCCN(CC)S(=O)(=O)c1ccc(C(=O)CC)cc1. The molecule has 0 amide bonds. The van der Waals surface area contributed by atoms with Crippen LogP contribution in [0.2, 0.25) is 0 Å². The molecule has 0 aliphatic carbocycles. The van der Waals surface area contributed by atoms with Gasteiger partial charge in [-0.3, -0.25) is 4.79 Å². The van der Waals surface area contributed by atoms with Crippen molar-refractivity contribution in [2.24, 2.45) is 0 Å². The Kier molecular flexibility index (Phi) is 6.36. The van der Waals surface area contributed by atoms with Gasteiger partial charge in [-0.2, -0.15) is 4.31 Å². The van der Waals surface area contributed by atoms with Crippen LogP contribution in [-0.2, 0) is 10.0 Å². The van der Waals surface area contributed by atoms with Gasteiger partial charge < -0.3 is 0 Å². The minimum absolute atomic E-state index is 0.0206. The molecule has 1 rings (SSSR count). The van der Waals surface area contributed by atoms with Crippen molar-refractivity contribution in [3.8, 4) is 0 Å². The molecule has 1 aromatic rings. The summed E-state index contributed by atoms with van der Waals surface area (Å²) < 4.78 is 26.4. The molecule has 0 aliphatic heterocycles. The molecule has 0 unspecified atom stereocenters. The largest absolute Gasteiger partial charge is 0.294 e. The minimum Gasteiger partial charge on any atom is -0.294 e. The van der Waals surface area contributed by atoms with Crippen LogP contribution in [0.1, 0.15) is 50.4 Å². The summed E-state index contributed by atoms with van der Waals surface area (Å²) >= 11 is 0. The fraction of sp³-hybridized carbons (Fsp3) is 0.533. The molecule has 0 atom stereocenters. The van der Waals surface area contributed by atoms with Gasteiger partial charge in [0.15, 0.2) is 5.78 Å². The molecule has 1 aromatic carbocycles. The first kappa shape index (κ1) is 16.9. The Morgan fingerprint density at radius 1 is 1.10 bits per heavy atom. The Morgan fingerprint density at radius 3 is 2.15 bits per heavy atom. The van der Waals surface area contributed by atoms with Crippen LogP contribution in [0.3, 0.4) is 0 Å². The number of sulfonamides is 1. The summed E-state index contributed by atoms with van der Waals surface area (Å²) in [4.78, 5) is 11.8. The quantitative estimate of drug-likeness (QED) is 0.693. The van der Waals surface area contributed by atoms with Crippen molar-refractivity contribution in [3.05, 3.63) is 29.8 Å².